The predicted octanol–water partition coefficient (Wildman–Crippen LogP) is 6.04. The number of carbonyl (C=O) groups is 2. The van der Waals surface area contributed by atoms with Crippen molar-refractivity contribution < 1.29 is 28.9 Å². The number of halogens is 1. The second kappa shape index (κ2) is 11.9. The van der Waals surface area contributed by atoms with Gasteiger partial charge in [-0.15, -0.1) is 0 Å². The summed E-state index contributed by atoms with van der Waals surface area (Å²) < 4.78 is 16.6. The maximum absolute atomic E-state index is 13.8. The number of methoxy groups -OCH3 is 1. The number of hydrogen-bond acceptors (Lipinski definition) is 7. The standard InChI is InChI=1S/C32H30ClNO6/c1-19-29(32(37)40-15-14-39-24-6-4-3-5-7-24)30(21-10-13-26(35)28(18-21)38-2)31-25(34-19)16-22(17-27(31)36)20-8-11-23(33)12-9-20/h3-13,18,22,30,34-35H,14-17H2,1-2H3. The minimum atomic E-state index is -0.688. The van der Waals surface area contributed by atoms with Crippen LogP contribution >= 0.6 is 11.6 Å². The number of carbonyl (C=O) groups excluding carboxylic acids is 2. The molecule has 3 aromatic rings. The number of para-hydroxylation sites is 1. The van der Waals surface area contributed by atoms with E-state index in [1.54, 1.807) is 12.1 Å². The number of ketones is 1. The number of hydrogen-bond donors (Lipinski definition) is 2. The zero-order valence-corrected chi connectivity index (χ0v) is 23.0. The average molecular weight is 560 g/mol. The third-order valence-electron chi connectivity index (χ3n) is 7.25. The number of nitrogens with one attached hydrogen (secondary N) is 1. The maximum atomic E-state index is 13.8. The monoisotopic (exact) mass is 559 g/mol. The fourth-order valence-electron chi connectivity index (χ4n) is 5.38. The molecule has 0 radical (unpaired) electrons. The second-order valence-corrected chi connectivity index (χ2v) is 10.2. The molecule has 5 rings (SSSR count). The highest BCUT2D eigenvalue weighted by molar-refractivity contribution is 6.30. The molecular formula is C32H30ClNO6. The average Bonchev–Trinajstić information content (AvgIpc) is 2.95. The van der Waals surface area contributed by atoms with Crippen LogP contribution in [0.15, 0.2) is 95.3 Å². The van der Waals surface area contributed by atoms with E-state index in [0.717, 1.165) is 11.3 Å². The molecule has 2 unspecified atom stereocenters. The Kier molecular flexibility index (Phi) is 8.12. The van der Waals surface area contributed by atoms with Gasteiger partial charge in [-0.3, -0.25) is 4.79 Å². The second-order valence-electron chi connectivity index (χ2n) is 9.80. The number of ether oxygens (including phenoxy) is 3. The van der Waals surface area contributed by atoms with Crippen molar-refractivity contribution >= 4 is 23.4 Å². The molecule has 0 bridgehead atoms. The van der Waals surface area contributed by atoms with Crippen LogP contribution in [0.4, 0.5) is 0 Å². The Morgan fingerprint density at radius 3 is 2.45 bits per heavy atom. The molecule has 3 aromatic carbocycles. The largest absolute Gasteiger partial charge is 0.504 e. The van der Waals surface area contributed by atoms with Gasteiger partial charge in [-0.25, -0.2) is 4.79 Å². The molecule has 0 aromatic heterocycles. The smallest absolute Gasteiger partial charge is 0.336 e. The van der Waals surface area contributed by atoms with E-state index in [0.29, 0.717) is 46.0 Å². The topological polar surface area (TPSA) is 94.1 Å². The molecule has 40 heavy (non-hydrogen) atoms. The molecule has 2 aliphatic rings. The lowest BCUT2D eigenvalue weighted by molar-refractivity contribution is -0.140. The normalized spacial score (nSPS) is 18.6. The Balaban J connectivity index is 1.45. The van der Waals surface area contributed by atoms with Gasteiger partial charge in [0.1, 0.15) is 19.0 Å². The lowest BCUT2D eigenvalue weighted by Gasteiger charge is -2.36. The van der Waals surface area contributed by atoms with Gasteiger partial charge in [0.05, 0.1) is 12.7 Å². The van der Waals surface area contributed by atoms with E-state index in [4.69, 9.17) is 25.8 Å². The van der Waals surface area contributed by atoms with Crippen LogP contribution in [0.5, 0.6) is 17.2 Å². The lowest BCUT2D eigenvalue weighted by atomic mass is 9.71. The molecule has 0 fully saturated rings. The third-order valence-corrected chi connectivity index (χ3v) is 7.51. The molecular weight excluding hydrogens is 530 g/mol. The Morgan fingerprint density at radius 1 is 1.00 bits per heavy atom. The van der Waals surface area contributed by atoms with Crippen molar-refractivity contribution in [3.05, 3.63) is 111 Å². The molecule has 0 amide bonds. The zero-order valence-electron chi connectivity index (χ0n) is 22.3. The summed E-state index contributed by atoms with van der Waals surface area (Å²) in [5.74, 6) is -0.416. The van der Waals surface area contributed by atoms with Crippen LogP contribution in [0.2, 0.25) is 5.02 Å². The summed E-state index contributed by atoms with van der Waals surface area (Å²) in [7, 11) is 1.46. The van der Waals surface area contributed by atoms with E-state index in [-0.39, 0.29) is 36.4 Å². The van der Waals surface area contributed by atoms with Crippen molar-refractivity contribution in [3.8, 4) is 17.2 Å². The van der Waals surface area contributed by atoms with E-state index in [2.05, 4.69) is 5.32 Å². The Hall–Kier alpha value is -4.23. The van der Waals surface area contributed by atoms with Crippen molar-refractivity contribution in [2.24, 2.45) is 0 Å². The summed E-state index contributed by atoms with van der Waals surface area (Å²) in [6.07, 6.45) is 0.888. The van der Waals surface area contributed by atoms with Crippen LogP contribution in [-0.2, 0) is 14.3 Å². The molecule has 1 heterocycles. The van der Waals surface area contributed by atoms with Crippen LogP contribution in [0, 0.1) is 0 Å². The van der Waals surface area contributed by atoms with Gasteiger partial charge in [0.25, 0.3) is 0 Å². The van der Waals surface area contributed by atoms with Crippen molar-refractivity contribution in [1.82, 2.24) is 5.32 Å². The number of allylic oxidation sites excluding steroid dienone is 3. The molecule has 2 N–H and O–H groups in total. The van der Waals surface area contributed by atoms with Gasteiger partial charge >= 0.3 is 5.97 Å². The number of esters is 1. The fourth-order valence-corrected chi connectivity index (χ4v) is 5.50. The number of dihydropyridines is 1. The maximum Gasteiger partial charge on any atom is 0.336 e. The summed E-state index contributed by atoms with van der Waals surface area (Å²) in [4.78, 5) is 27.3. The summed E-state index contributed by atoms with van der Waals surface area (Å²) >= 11 is 6.08. The van der Waals surface area contributed by atoms with E-state index in [1.165, 1.54) is 13.2 Å². The highest BCUT2D eigenvalue weighted by Crippen LogP contribution is 2.47. The van der Waals surface area contributed by atoms with Gasteiger partial charge in [0.2, 0.25) is 0 Å². The van der Waals surface area contributed by atoms with Crippen molar-refractivity contribution in [1.29, 1.82) is 0 Å². The molecule has 206 valence electrons. The van der Waals surface area contributed by atoms with Crippen LogP contribution < -0.4 is 14.8 Å². The first-order valence-corrected chi connectivity index (χ1v) is 13.4. The van der Waals surface area contributed by atoms with E-state index in [9.17, 15) is 14.7 Å². The van der Waals surface area contributed by atoms with Gasteiger partial charge < -0.3 is 24.6 Å². The van der Waals surface area contributed by atoms with E-state index < -0.39 is 11.9 Å². The molecule has 7 nitrogen and oxygen atoms in total. The first-order valence-electron chi connectivity index (χ1n) is 13.1. The third kappa shape index (κ3) is 5.70. The number of phenolic OH excluding ortho intramolecular Hbond substituents is 1. The zero-order chi connectivity index (χ0) is 28.2. The van der Waals surface area contributed by atoms with Crippen LogP contribution in [0.25, 0.3) is 0 Å². The van der Waals surface area contributed by atoms with Crippen LogP contribution in [0.3, 0.4) is 0 Å². The fraction of sp³-hybridized carbons (Fsp3) is 0.250. The van der Waals surface area contributed by atoms with E-state index in [1.807, 2.05) is 61.5 Å². The lowest BCUT2D eigenvalue weighted by Crippen LogP contribution is -2.36. The van der Waals surface area contributed by atoms with Gasteiger partial charge in [0, 0.05) is 34.3 Å². The Labute approximate surface area is 238 Å². The van der Waals surface area contributed by atoms with Crippen molar-refractivity contribution in [2.45, 2.75) is 31.6 Å². The number of phenols is 1. The highest BCUT2D eigenvalue weighted by Gasteiger charge is 2.41. The summed E-state index contributed by atoms with van der Waals surface area (Å²) in [5, 5.41) is 14.2. The number of benzene rings is 3. The molecule has 0 saturated carbocycles. The Bertz CT molecular complexity index is 1480. The summed E-state index contributed by atoms with van der Waals surface area (Å²) in [6.45, 7) is 2.03. The Morgan fingerprint density at radius 2 is 1.73 bits per heavy atom. The molecule has 0 saturated heterocycles. The SMILES string of the molecule is COc1cc(C2C(C(=O)OCCOc3ccccc3)=C(C)NC3=C2C(=O)CC(c2ccc(Cl)cc2)C3)ccc1O. The van der Waals surface area contributed by atoms with Crippen molar-refractivity contribution in [2.75, 3.05) is 20.3 Å². The van der Waals surface area contributed by atoms with E-state index >= 15 is 0 Å². The molecule has 1 aliphatic heterocycles. The highest BCUT2D eigenvalue weighted by atomic mass is 35.5. The minimum absolute atomic E-state index is 0.0255. The summed E-state index contributed by atoms with van der Waals surface area (Å²) in [6, 6.07) is 21.7. The molecule has 2 atom stereocenters. The minimum Gasteiger partial charge on any atom is -0.504 e. The molecule has 1 aliphatic carbocycles. The number of aromatic hydroxyl groups is 1. The molecule has 0 spiro atoms. The predicted molar refractivity (Wildman–Crippen MR) is 152 cm³/mol. The quantitative estimate of drug-likeness (QED) is 0.257. The van der Waals surface area contributed by atoms with Crippen LogP contribution in [-0.4, -0.2) is 37.2 Å². The molecule has 8 heteroatoms. The first kappa shape index (κ1) is 27.3. The van der Waals surface area contributed by atoms with Crippen LogP contribution in [0.1, 0.15) is 42.7 Å². The number of rotatable bonds is 8. The van der Waals surface area contributed by atoms with Gasteiger partial charge in [0.15, 0.2) is 17.3 Å². The van der Waals surface area contributed by atoms with Gasteiger partial charge in [-0.1, -0.05) is 48.0 Å². The summed E-state index contributed by atoms with van der Waals surface area (Å²) in [5.41, 5.74) is 3.91. The number of Topliss-reactive ketones (excluding diaryl/α,β-unsaturated/α-hetero) is 1. The first-order chi connectivity index (χ1) is 19.4. The van der Waals surface area contributed by atoms with Gasteiger partial charge in [-0.2, -0.15) is 0 Å². The van der Waals surface area contributed by atoms with Crippen molar-refractivity contribution in [3.63, 3.8) is 0 Å². The van der Waals surface area contributed by atoms with Gasteiger partial charge in [-0.05, 0) is 66.8 Å².